The SMILES string of the molecule is O=P(Oc1ccc(-c2ccccc2)cc1)(Oc1ccc(-c2ccccc2)cc1)Oc1ccc2ccccc2c1. The molecular formula is C34H25O4P. The normalized spacial score (nSPS) is 11.2. The lowest BCUT2D eigenvalue weighted by atomic mass is 10.1. The average Bonchev–Trinajstić information content (AvgIpc) is 2.99. The van der Waals surface area contributed by atoms with Crippen molar-refractivity contribution in [3.63, 3.8) is 0 Å². The molecule has 0 N–H and O–H groups in total. The van der Waals surface area contributed by atoms with E-state index >= 15 is 0 Å². The minimum absolute atomic E-state index is 0.375. The lowest BCUT2D eigenvalue weighted by Gasteiger charge is -2.20. The van der Waals surface area contributed by atoms with Gasteiger partial charge in [0.2, 0.25) is 0 Å². The van der Waals surface area contributed by atoms with Crippen LogP contribution in [0.5, 0.6) is 17.2 Å². The standard InChI is InChI=1S/C34H25O4P/c35-39(38-34-24-19-28-13-7-8-14-31(28)25-34,36-32-20-15-29(16-21-32)26-9-3-1-4-10-26)37-33-22-17-30(18-23-33)27-11-5-2-6-12-27/h1-25H. The molecule has 0 saturated carbocycles. The summed E-state index contributed by atoms with van der Waals surface area (Å²) in [5, 5.41) is 2.01. The summed E-state index contributed by atoms with van der Waals surface area (Å²) in [4.78, 5) is 0. The van der Waals surface area contributed by atoms with Gasteiger partial charge in [-0.15, -0.1) is 0 Å². The van der Waals surface area contributed by atoms with Crippen molar-refractivity contribution in [2.75, 3.05) is 0 Å². The molecule has 39 heavy (non-hydrogen) atoms. The highest BCUT2D eigenvalue weighted by Crippen LogP contribution is 2.50. The van der Waals surface area contributed by atoms with E-state index in [1.54, 1.807) is 30.3 Å². The van der Waals surface area contributed by atoms with Crippen molar-refractivity contribution in [3.05, 3.63) is 152 Å². The first-order valence-corrected chi connectivity index (χ1v) is 14.1. The van der Waals surface area contributed by atoms with Gasteiger partial charge < -0.3 is 13.6 Å². The molecule has 190 valence electrons. The molecule has 0 spiro atoms. The molecule has 0 amide bonds. The molecule has 0 fully saturated rings. The quantitative estimate of drug-likeness (QED) is 0.184. The average molecular weight is 529 g/mol. The molecule has 6 rings (SSSR count). The summed E-state index contributed by atoms with van der Waals surface area (Å²) in [5.41, 5.74) is 4.19. The molecule has 0 aliphatic heterocycles. The Bertz CT molecular complexity index is 1640. The van der Waals surface area contributed by atoms with Crippen molar-refractivity contribution < 1.29 is 18.1 Å². The van der Waals surface area contributed by atoms with E-state index in [1.807, 2.05) is 121 Å². The molecule has 6 aromatic carbocycles. The first-order valence-electron chi connectivity index (χ1n) is 12.6. The van der Waals surface area contributed by atoms with Crippen molar-refractivity contribution in [1.82, 2.24) is 0 Å². The highest BCUT2D eigenvalue weighted by Gasteiger charge is 2.33. The van der Waals surface area contributed by atoms with Gasteiger partial charge in [0.05, 0.1) is 0 Å². The molecule has 6 aromatic rings. The number of benzene rings is 6. The second kappa shape index (κ2) is 10.9. The first kappa shape index (κ1) is 24.5. The van der Waals surface area contributed by atoms with Gasteiger partial charge in [-0.2, -0.15) is 4.57 Å². The fraction of sp³-hybridized carbons (Fsp3) is 0. The highest BCUT2D eigenvalue weighted by molar-refractivity contribution is 7.49. The maximum absolute atomic E-state index is 14.1. The monoisotopic (exact) mass is 528 g/mol. The van der Waals surface area contributed by atoms with E-state index in [0.29, 0.717) is 17.2 Å². The smallest absolute Gasteiger partial charge is 0.386 e. The van der Waals surface area contributed by atoms with E-state index in [2.05, 4.69) is 0 Å². The van der Waals surface area contributed by atoms with Gasteiger partial charge in [0.15, 0.2) is 0 Å². The van der Waals surface area contributed by atoms with E-state index in [9.17, 15) is 4.57 Å². The second-order valence-electron chi connectivity index (χ2n) is 9.01. The van der Waals surface area contributed by atoms with Gasteiger partial charge in [-0.1, -0.05) is 115 Å². The molecule has 0 saturated heterocycles. The molecular weight excluding hydrogens is 503 g/mol. The number of rotatable bonds is 8. The summed E-state index contributed by atoms with van der Waals surface area (Å²) >= 11 is 0. The van der Waals surface area contributed by atoms with E-state index in [0.717, 1.165) is 33.0 Å². The summed E-state index contributed by atoms with van der Waals surface area (Å²) in [5.74, 6) is 1.14. The van der Waals surface area contributed by atoms with Crippen LogP contribution in [0.15, 0.2) is 152 Å². The second-order valence-corrected chi connectivity index (χ2v) is 10.5. The zero-order chi connectivity index (χ0) is 26.5. The minimum Gasteiger partial charge on any atom is -0.386 e. The highest BCUT2D eigenvalue weighted by atomic mass is 31.2. The van der Waals surface area contributed by atoms with Crippen LogP contribution < -0.4 is 13.6 Å². The molecule has 0 radical (unpaired) electrons. The van der Waals surface area contributed by atoms with Crippen LogP contribution in [0, 0.1) is 0 Å². The zero-order valence-corrected chi connectivity index (χ0v) is 21.9. The fourth-order valence-corrected chi connectivity index (χ4v) is 5.59. The van der Waals surface area contributed by atoms with Crippen LogP contribution in [0.25, 0.3) is 33.0 Å². The molecule has 0 atom stereocenters. The predicted octanol–water partition coefficient (Wildman–Crippen LogP) is 9.82. The van der Waals surface area contributed by atoms with Gasteiger partial charge in [-0.05, 0) is 69.4 Å². The van der Waals surface area contributed by atoms with Gasteiger partial charge in [0.1, 0.15) is 17.2 Å². The molecule has 0 unspecified atom stereocenters. The van der Waals surface area contributed by atoms with Crippen LogP contribution in [0.2, 0.25) is 0 Å². The molecule has 0 aliphatic rings. The molecule has 0 aliphatic carbocycles. The Hall–Kier alpha value is -4.79. The molecule has 5 heteroatoms. The lowest BCUT2D eigenvalue weighted by Crippen LogP contribution is -2.07. The number of phosphoric acid groups is 1. The molecule has 0 heterocycles. The lowest BCUT2D eigenvalue weighted by molar-refractivity contribution is 0.298. The summed E-state index contributed by atoms with van der Waals surface area (Å²) in [7, 11) is -4.14. The van der Waals surface area contributed by atoms with Crippen molar-refractivity contribution in [3.8, 4) is 39.5 Å². The van der Waals surface area contributed by atoms with Crippen molar-refractivity contribution >= 4 is 18.6 Å². The topological polar surface area (TPSA) is 44.8 Å². The zero-order valence-electron chi connectivity index (χ0n) is 21.0. The number of hydrogen-bond acceptors (Lipinski definition) is 4. The Morgan fingerprint density at radius 2 is 0.744 bits per heavy atom. The third-order valence-corrected chi connectivity index (χ3v) is 7.60. The molecule has 0 aromatic heterocycles. The maximum atomic E-state index is 14.1. The largest absolute Gasteiger partial charge is 0.647 e. The van der Waals surface area contributed by atoms with Crippen LogP contribution in [0.3, 0.4) is 0 Å². The predicted molar refractivity (Wildman–Crippen MR) is 157 cm³/mol. The van der Waals surface area contributed by atoms with Gasteiger partial charge in [-0.3, -0.25) is 0 Å². The Balaban J connectivity index is 1.29. The third kappa shape index (κ3) is 5.87. The van der Waals surface area contributed by atoms with Crippen molar-refractivity contribution in [2.24, 2.45) is 0 Å². The van der Waals surface area contributed by atoms with Crippen molar-refractivity contribution in [1.29, 1.82) is 0 Å². The molecule has 0 bridgehead atoms. The van der Waals surface area contributed by atoms with Gasteiger partial charge in [0.25, 0.3) is 0 Å². The summed E-state index contributed by atoms with van der Waals surface area (Å²) < 4.78 is 31.9. The van der Waals surface area contributed by atoms with Crippen LogP contribution in [0.4, 0.5) is 0 Å². The Kier molecular flexibility index (Phi) is 6.86. The minimum atomic E-state index is -4.14. The molecule has 4 nitrogen and oxygen atoms in total. The fourth-order valence-electron chi connectivity index (χ4n) is 4.35. The van der Waals surface area contributed by atoms with E-state index < -0.39 is 7.82 Å². The van der Waals surface area contributed by atoms with Crippen LogP contribution in [-0.4, -0.2) is 0 Å². The number of hydrogen-bond donors (Lipinski definition) is 0. The van der Waals surface area contributed by atoms with Gasteiger partial charge in [0, 0.05) is 0 Å². The maximum Gasteiger partial charge on any atom is 0.647 e. The van der Waals surface area contributed by atoms with Crippen LogP contribution in [-0.2, 0) is 4.57 Å². The van der Waals surface area contributed by atoms with Crippen molar-refractivity contribution in [2.45, 2.75) is 0 Å². The number of phosphoric ester groups is 1. The van der Waals surface area contributed by atoms with Gasteiger partial charge in [-0.25, -0.2) is 0 Å². The van der Waals surface area contributed by atoms with Gasteiger partial charge >= 0.3 is 7.82 Å². The summed E-state index contributed by atoms with van der Waals surface area (Å²) in [6.45, 7) is 0. The van der Waals surface area contributed by atoms with E-state index in [-0.39, 0.29) is 0 Å². The summed E-state index contributed by atoms with van der Waals surface area (Å²) in [6.07, 6.45) is 0. The van der Waals surface area contributed by atoms with Crippen LogP contribution in [0.1, 0.15) is 0 Å². The Morgan fingerprint density at radius 1 is 0.359 bits per heavy atom. The third-order valence-electron chi connectivity index (χ3n) is 6.30. The first-order chi connectivity index (χ1) is 19.1. The Labute approximate surface area is 227 Å². The number of fused-ring (bicyclic) bond motifs is 1. The van der Waals surface area contributed by atoms with E-state index in [1.165, 1.54) is 0 Å². The Morgan fingerprint density at radius 3 is 1.26 bits per heavy atom. The van der Waals surface area contributed by atoms with Crippen LogP contribution >= 0.6 is 7.82 Å². The summed E-state index contributed by atoms with van der Waals surface area (Å²) in [6, 6.07) is 48.2. The van der Waals surface area contributed by atoms with E-state index in [4.69, 9.17) is 13.6 Å².